The first-order valence-electron chi connectivity index (χ1n) is 9.48. The molecule has 138 valence electrons. The molecule has 26 heavy (non-hydrogen) atoms. The summed E-state index contributed by atoms with van der Waals surface area (Å²) in [6.07, 6.45) is 6.23. The van der Waals surface area contributed by atoms with E-state index in [1.54, 1.807) is 0 Å². The van der Waals surface area contributed by atoms with Gasteiger partial charge in [-0.2, -0.15) is 0 Å². The Morgan fingerprint density at radius 3 is 2.58 bits per heavy atom. The van der Waals surface area contributed by atoms with Crippen LogP contribution >= 0.6 is 23.2 Å². The van der Waals surface area contributed by atoms with Crippen molar-refractivity contribution in [3.05, 3.63) is 39.6 Å². The highest BCUT2D eigenvalue weighted by atomic mass is 35.5. The molecule has 2 aliphatic heterocycles. The number of hydrogen-bond donors (Lipinski definition) is 1. The molecule has 1 aromatic carbocycles. The van der Waals surface area contributed by atoms with Gasteiger partial charge in [0, 0.05) is 29.6 Å². The number of rotatable bonds is 5. The number of aromatic nitrogens is 1. The second kappa shape index (κ2) is 6.83. The largest absolute Gasteiger partial charge is 0.373 e. The first kappa shape index (κ1) is 17.1. The average Bonchev–Trinajstić information content (AvgIpc) is 3.42. The van der Waals surface area contributed by atoms with Crippen LogP contribution in [-0.2, 0) is 11.3 Å². The number of nitrogens with one attached hydrogen (secondary N) is 1. The molecular formula is C20H22Cl2N2O2. The van der Waals surface area contributed by atoms with Crippen LogP contribution in [0.5, 0.6) is 0 Å². The summed E-state index contributed by atoms with van der Waals surface area (Å²) in [4.78, 5) is 0. The number of fused-ring (bicyclic) bond motifs is 3. The molecule has 4 nitrogen and oxygen atoms in total. The van der Waals surface area contributed by atoms with Crippen LogP contribution in [0.25, 0.3) is 11.3 Å². The van der Waals surface area contributed by atoms with E-state index < -0.39 is 0 Å². The first-order chi connectivity index (χ1) is 12.7. The molecule has 2 saturated carbocycles. The lowest BCUT2D eigenvalue weighted by Crippen LogP contribution is -2.52. The van der Waals surface area contributed by atoms with Gasteiger partial charge in [0.05, 0.1) is 22.8 Å². The van der Waals surface area contributed by atoms with E-state index >= 15 is 0 Å². The van der Waals surface area contributed by atoms with Crippen molar-refractivity contribution in [1.82, 2.24) is 10.5 Å². The highest BCUT2D eigenvalue weighted by Crippen LogP contribution is 2.46. The van der Waals surface area contributed by atoms with Crippen molar-refractivity contribution >= 4 is 23.2 Å². The van der Waals surface area contributed by atoms with E-state index in [0.717, 1.165) is 48.4 Å². The zero-order valence-electron chi connectivity index (χ0n) is 14.5. The van der Waals surface area contributed by atoms with Crippen LogP contribution in [-0.4, -0.2) is 23.8 Å². The Labute approximate surface area is 163 Å². The van der Waals surface area contributed by atoms with Gasteiger partial charge in [-0.15, -0.1) is 0 Å². The van der Waals surface area contributed by atoms with E-state index in [2.05, 4.69) is 10.5 Å². The van der Waals surface area contributed by atoms with Gasteiger partial charge in [-0.1, -0.05) is 34.4 Å². The van der Waals surface area contributed by atoms with Crippen molar-refractivity contribution in [2.75, 3.05) is 6.54 Å². The molecule has 0 radical (unpaired) electrons. The fourth-order valence-corrected chi connectivity index (χ4v) is 4.95. The monoisotopic (exact) mass is 392 g/mol. The van der Waals surface area contributed by atoms with E-state index in [1.807, 2.05) is 18.2 Å². The van der Waals surface area contributed by atoms with Gasteiger partial charge in [0.1, 0.15) is 11.5 Å². The van der Waals surface area contributed by atoms with Crippen molar-refractivity contribution in [3.8, 4) is 11.3 Å². The van der Waals surface area contributed by atoms with Gasteiger partial charge in [-0.25, -0.2) is 0 Å². The van der Waals surface area contributed by atoms with E-state index in [0.29, 0.717) is 40.6 Å². The molecule has 2 saturated heterocycles. The lowest BCUT2D eigenvalue weighted by molar-refractivity contribution is -0.0488. The molecule has 0 unspecified atom stereocenters. The van der Waals surface area contributed by atoms with Crippen LogP contribution < -0.4 is 5.32 Å². The summed E-state index contributed by atoms with van der Waals surface area (Å²) in [5.74, 6) is 2.02. The molecule has 1 N–H and O–H groups in total. The third-order valence-corrected chi connectivity index (χ3v) is 6.64. The maximum absolute atomic E-state index is 6.43. The second-order valence-electron chi connectivity index (χ2n) is 7.77. The Bertz CT molecular complexity index is 790. The van der Waals surface area contributed by atoms with E-state index in [9.17, 15) is 0 Å². The summed E-state index contributed by atoms with van der Waals surface area (Å²) >= 11 is 12.9. The number of hydrogen-bond acceptors (Lipinski definition) is 4. The summed E-state index contributed by atoms with van der Waals surface area (Å²) in [7, 11) is 0. The van der Waals surface area contributed by atoms with Crippen LogP contribution in [0.3, 0.4) is 0 Å². The van der Waals surface area contributed by atoms with E-state index in [1.165, 1.54) is 12.8 Å². The van der Waals surface area contributed by atoms with Crippen molar-refractivity contribution in [2.24, 2.45) is 5.92 Å². The van der Waals surface area contributed by atoms with Crippen molar-refractivity contribution in [3.63, 3.8) is 0 Å². The van der Waals surface area contributed by atoms with Gasteiger partial charge in [-0.05, 0) is 50.2 Å². The fraction of sp³-hybridized carbons (Fsp3) is 0.550. The predicted molar refractivity (Wildman–Crippen MR) is 102 cm³/mol. The highest BCUT2D eigenvalue weighted by Gasteiger charge is 2.38. The minimum atomic E-state index is 0.312. The van der Waals surface area contributed by atoms with Crippen LogP contribution in [0.1, 0.15) is 49.3 Å². The number of ether oxygens (including phenoxy) is 1. The number of nitrogens with zero attached hydrogens (tertiary/aromatic N) is 1. The first-order valence-corrected chi connectivity index (χ1v) is 10.2. The summed E-state index contributed by atoms with van der Waals surface area (Å²) < 4.78 is 12.1. The quantitative estimate of drug-likeness (QED) is 0.760. The van der Waals surface area contributed by atoms with Gasteiger partial charge >= 0.3 is 0 Å². The number of piperidine rings is 2. The predicted octanol–water partition coefficient (Wildman–Crippen LogP) is 5.18. The molecule has 0 amide bonds. The Morgan fingerprint density at radius 2 is 1.96 bits per heavy atom. The maximum atomic E-state index is 6.43. The van der Waals surface area contributed by atoms with Crippen LogP contribution in [0.4, 0.5) is 0 Å². The zero-order chi connectivity index (χ0) is 17.7. The molecule has 3 heterocycles. The van der Waals surface area contributed by atoms with Crippen molar-refractivity contribution in [1.29, 1.82) is 0 Å². The van der Waals surface area contributed by atoms with Crippen LogP contribution in [0.2, 0.25) is 10.0 Å². The summed E-state index contributed by atoms with van der Waals surface area (Å²) in [6, 6.07) is 6.13. The van der Waals surface area contributed by atoms with Crippen molar-refractivity contribution < 1.29 is 9.26 Å². The lowest BCUT2D eigenvalue weighted by atomic mass is 9.79. The fourth-order valence-electron chi connectivity index (χ4n) is 4.37. The van der Waals surface area contributed by atoms with Crippen molar-refractivity contribution in [2.45, 2.75) is 56.8 Å². The zero-order valence-corrected chi connectivity index (χ0v) is 16.0. The molecule has 0 spiro atoms. The van der Waals surface area contributed by atoms with E-state index in [4.69, 9.17) is 32.5 Å². The van der Waals surface area contributed by atoms with Gasteiger partial charge in [-0.3, -0.25) is 0 Å². The summed E-state index contributed by atoms with van der Waals surface area (Å²) in [5, 5.41) is 9.12. The molecule has 2 aromatic rings. The summed E-state index contributed by atoms with van der Waals surface area (Å²) in [5.41, 5.74) is 2.51. The van der Waals surface area contributed by atoms with Crippen LogP contribution in [0.15, 0.2) is 22.7 Å². The third kappa shape index (κ3) is 3.07. The minimum Gasteiger partial charge on any atom is -0.373 e. The smallest absolute Gasteiger partial charge is 0.145 e. The molecule has 1 aromatic heterocycles. The average molecular weight is 393 g/mol. The minimum absolute atomic E-state index is 0.312. The number of halogens is 2. The molecular weight excluding hydrogens is 371 g/mol. The third-order valence-electron chi connectivity index (χ3n) is 6.01. The molecule has 3 atom stereocenters. The van der Waals surface area contributed by atoms with Gasteiger partial charge in [0.25, 0.3) is 0 Å². The standard InChI is InChI=1S/C20H22Cl2N2O2/c21-15-2-1-3-16(22)18(15)19-14(20(26-24-19)11-4-5-11)10-25-17-8-13-7-6-12(17)9-23-13/h1-3,11-13,17,23H,4-10H2/t12-,13-,17-/m1/s1. The number of benzene rings is 1. The molecule has 4 fully saturated rings. The Hall–Kier alpha value is -1.07. The Morgan fingerprint density at radius 1 is 1.15 bits per heavy atom. The highest BCUT2D eigenvalue weighted by molar-refractivity contribution is 6.39. The maximum Gasteiger partial charge on any atom is 0.145 e. The van der Waals surface area contributed by atoms with Crippen LogP contribution in [0, 0.1) is 5.92 Å². The lowest BCUT2D eigenvalue weighted by Gasteiger charge is -2.42. The molecule has 2 bridgehead atoms. The molecule has 6 heteroatoms. The van der Waals surface area contributed by atoms with Gasteiger partial charge in [0.2, 0.25) is 0 Å². The molecule has 4 aliphatic rings. The Kier molecular flexibility index (Phi) is 4.48. The van der Waals surface area contributed by atoms with Gasteiger partial charge in [0.15, 0.2) is 0 Å². The topological polar surface area (TPSA) is 47.3 Å². The van der Waals surface area contributed by atoms with E-state index in [-0.39, 0.29) is 0 Å². The van der Waals surface area contributed by atoms with Gasteiger partial charge < -0.3 is 14.6 Å². The SMILES string of the molecule is Clc1cccc(Cl)c1-c1noc(C2CC2)c1CO[C@@H]1C[C@H]2CC[C@@H]1CN2. The normalized spacial score (nSPS) is 27.8. The Balaban J connectivity index is 1.44. The molecule has 2 aliphatic carbocycles. The second-order valence-corrected chi connectivity index (χ2v) is 8.59. The summed E-state index contributed by atoms with van der Waals surface area (Å²) in [6.45, 7) is 1.58. The molecule has 6 rings (SSSR count).